The molecule has 6 nitrogen and oxygen atoms in total. The highest BCUT2D eigenvalue weighted by atomic mass is 79.9. The number of carbonyl (C=O) groups excluding carboxylic acids is 3. The third-order valence-corrected chi connectivity index (χ3v) is 7.54. The van der Waals surface area contributed by atoms with Crippen molar-refractivity contribution >= 4 is 62.9 Å². The molecule has 0 saturated heterocycles. The summed E-state index contributed by atoms with van der Waals surface area (Å²) in [5.41, 5.74) is 4.74. The van der Waals surface area contributed by atoms with Gasteiger partial charge in [0.15, 0.2) is 0 Å². The maximum absolute atomic E-state index is 13.4. The van der Waals surface area contributed by atoms with Gasteiger partial charge in [-0.05, 0) is 98.1 Å². The van der Waals surface area contributed by atoms with Gasteiger partial charge >= 0.3 is 0 Å². The van der Waals surface area contributed by atoms with Crippen LogP contribution in [0, 0.1) is 13.8 Å². The zero-order valence-corrected chi connectivity index (χ0v) is 25.3. The van der Waals surface area contributed by atoms with E-state index in [2.05, 4.69) is 37.9 Å². The average molecular weight is 629 g/mol. The minimum absolute atomic E-state index is 0.0937. The van der Waals surface area contributed by atoms with Crippen LogP contribution < -0.4 is 16.0 Å². The Bertz CT molecular complexity index is 1580. The molecule has 4 aromatic carbocycles. The predicted molar refractivity (Wildman–Crippen MR) is 171 cm³/mol. The van der Waals surface area contributed by atoms with Gasteiger partial charge in [-0.15, -0.1) is 11.8 Å². The molecule has 0 heterocycles. The molecule has 3 amide bonds. The van der Waals surface area contributed by atoms with Crippen molar-refractivity contribution in [3.05, 3.63) is 129 Å². The van der Waals surface area contributed by atoms with Crippen molar-refractivity contribution in [2.24, 2.45) is 0 Å². The number of halogens is 1. The van der Waals surface area contributed by atoms with Crippen molar-refractivity contribution in [2.75, 3.05) is 10.6 Å². The third-order valence-electron chi connectivity index (χ3n) is 5.95. The SMILES string of the molecule is Cc1cc(C)cc(NC(=O)C(C)Sc2cccc(NC(=O)/C(=C\c3cccc(Br)c3)NC(=O)c3ccccc3)c2)c1. The van der Waals surface area contributed by atoms with Gasteiger partial charge in [-0.25, -0.2) is 0 Å². The first-order valence-electron chi connectivity index (χ1n) is 13.0. The lowest BCUT2D eigenvalue weighted by Gasteiger charge is -2.15. The molecular formula is C33H30BrN3O3S. The van der Waals surface area contributed by atoms with Gasteiger partial charge in [-0.3, -0.25) is 14.4 Å². The van der Waals surface area contributed by atoms with E-state index in [0.717, 1.165) is 31.7 Å². The van der Waals surface area contributed by atoms with Crippen LogP contribution in [0.2, 0.25) is 0 Å². The van der Waals surface area contributed by atoms with E-state index in [0.29, 0.717) is 11.3 Å². The van der Waals surface area contributed by atoms with Crippen LogP contribution in [0.1, 0.15) is 34.0 Å². The number of nitrogens with one attached hydrogen (secondary N) is 3. The zero-order valence-electron chi connectivity index (χ0n) is 22.9. The van der Waals surface area contributed by atoms with Gasteiger partial charge in [-0.1, -0.05) is 58.4 Å². The number of hydrogen-bond acceptors (Lipinski definition) is 4. The molecular weight excluding hydrogens is 598 g/mol. The Labute approximate surface area is 252 Å². The second-order valence-electron chi connectivity index (χ2n) is 9.54. The highest BCUT2D eigenvalue weighted by Gasteiger charge is 2.17. The zero-order chi connectivity index (χ0) is 29.4. The molecule has 0 saturated carbocycles. The quantitative estimate of drug-likeness (QED) is 0.132. The van der Waals surface area contributed by atoms with Crippen LogP contribution in [-0.2, 0) is 9.59 Å². The van der Waals surface area contributed by atoms with Gasteiger partial charge in [0.05, 0.1) is 5.25 Å². The third kappa shape index (κ3) is 8.93. The second kappa shape index (κ2) is 14.0. The maximum atomic E-state index is 13.4. The minimum Gasteiger partial charge on any atom is -0.325 e. The molecule has 1 unspecified atom stereocenters. The lowest BCUT2D eigenvalue weighted by molar-refractivity contribution is -0.115. The van der Waals surface area contributed by atoms with E-state index in [1.165, 1.54) is 11.8 Å². The van der Waals surface area contributed by atoms with Gasteiger partial charge in [0, 0.05) is 26.3 Å². The number of rotatable bonds is 9. The molecule has 1 atom stereocenters. The van der Waals surface area contributed by atoms with Crippen molar-refractivity contribution in [1.82, 2.24) is 5.32 Å². The summed E-state index contributed by atoms with van der Waals surface area (Å²) in [6.45, 7) is 5.83. The minimum atomic E-state index is -0.475. The van der Waals surface area contributed by atoms with Crippen LogP contribution in [0.3, 0.4) is 0 Å². The molecule has 4 aromatic rings. The molecule has 4 rings (SSSR count). The van der Waals surface area contributed by atoms with Gasteiger partial charge in [0.1, 0.15) is 5.70 Å². The molecule has 0 aliphatic heterocycles. The highest BCUT2D eigenvalue weighted by Crippen LogP contribution is 2.27. The van der Waals surface area contributed by atoms with Crippen LogP contribution in [0.25, 0.3) is 6.08 Å². The molecule has 3 N–H and O–H groups in total. The van der Waals surface area contributed by atoms with Crippen molar-refractivity contribution in [2.45, 2.75) is 30.9 Å². The Balaban J connectivity index is 1.48. The Morgan fingerprint density at radius 2 is 1.49 bits per heavy atom. The molecule has 8 heteroatoms. The van der Waals surface area contributed by atoms with Gasteiger partial charge in [0.25, 0.3) is 11.8 Å². The molecule has 208 valence electrons. The Morgan fingerprint density at radius 1 is 0.780 bits per heavy atom. The standard InChI is InChI=1S/C33H30BrN3O3S/c1-21-15-22(2)17-28(16-21)36-31(38)23(3)41-29-14-8-13-27(20-29)35-33(40)30(19-24-9-7-12-26(34)18-24)37-32(39)25-10-5-4-6-11-25/h4-20,23H,1-3H3,(H,35,40)(H,36,38)(H,37,39)/b30-19+. The first-order valence-corrected chi connectivity index (χ1v) is 14.6. The first kappa shape index (κ1) is 29.8. The van der Waals surface area contributed by atoms with E-state index in [9.17, 15) is 14.4 Å². The number of thioether (sulfide) groups is 1. The van der Waals surface area contributed by atoms with E-state index >= 15 is 0 Å². The lowest BCUT2D eigenvalue weighted by atomic mass is 10.1. The molecule has 0 spiro atoms. The molecule has 0 bridgehead atoms. The largest absolute Gasteiger partial charge is 0.325 e. The van der Waals surface area contributed by atoms with Crippen LogP contribution in [0.5, 0.6) is 0 Å². The van der Waals surface area contributed by atoms with E-state index in [4.69, 9.17) is 0 Å². The summed E-state index contributed by atoms with van der Waals surface area (Å²) in [6, 6.07) is 29.3. The number of carbonyl (C=O) groups is 3. The summed E-state index contributed by atoms with van der Waals surface area (Å²) in [4.78, 5) is 40.0. The second-order valence-corrected chi connectivity index (χ2v) is 11.9. The van der Waals surface area contributed by atoms with Crippen LogP contribution in [0.15, 0.2) is 112 Å². The molecule has 0 aliphatic rings. The summed E-state index contributed by atoms with van der Waals surface area (Å²) >= 11 is 4.83. The molecule has 0 aliphatic carbocycles. The molecule has 0 fully saturated rings. The van der Waals surface area contributed by atoms with Gasteiger partial charge in [-0.2, -0.15) is 0 Å². The van der Waals surface area contributed by atoms with Crippen LogP contribution in [-0.4, -0.2) is 23.0 Å². The Morgan fingerprint density at radius 3 is 2.20 bits per heavy atom. The highest BCUT2D eigenvalue weighted by molar-refractivity contribution is 9.10. The van der Waals surface area contributed by atoms with Gasteiger partial charge < -0.3 is 16.0 Å². The monoisotopic (exact) mass is 627 g/mol. The number of aryl methyl sites for hydroxylation is 2. The van der Waals surface area contributed by atoms with Crippen molar-refractivity contribution < 1.29 is 14.4 Å². The van der Waals surface area contributed by atoms with E-state index in [1.807, 2.05) is 75.4 Å². The number of anilines is 2. The number of benzene rings is 4. The molecule has 41 heavy (non-hydrogen) atoms. The van der Waals surface area contributed by atoms with E-state index < -0.39 is 11.8 Å². The first-order chi connectivity index (χ1) is 19.7. The molecule has 0 radical (unpaired) electrons. The fourth-order valence-corrected chi connectivity index (χ4v) is 5.44. The number of amides is 3. The maximum Gasteiger partial charge on any atom is 0.272 e. The molecule has 0 aromatic heterocycles. The Hall–Kier alpha value is -4.14. The summed E-state index contributed by atoms with van der Waals surface area (Å²) in [6.07, 6.45) is 1.62. The fraction of sp³-hybridized carbons (Fsp3) is 0.121. The van der Waals surface area contributed by atoms with Crippen molar-refractivity contribution in [3.8, 4) is 0 Å². The lowest BCUT2D eigenvalue weighted by Crippen LogP contribution is -2.30. The smallest absolute Gasteiger partial charge is 0.272 e. The summed E-state index contributed by atoms with van der Waals surface area (Å²) < 4.78 is 0.848. The van der Waals surface area contributed by atoms with E-state index in [1.54, 1.807) is 42.5 Å². The van der Waals surface area contributed by atoms with E-state index in [-0.39, 0.29) is 16.9 Å². The average Bonchev–Trinajstić information content (AvgIpc) is 2.92. The van der Waals surface area contributed by atoms with Crippen LogP contribution in [0.4, 0.5) is 11.4 Å². The normalized spacial score (nSPS) is 11.9. The topological polar surface area (TPSA) is 87.3 Å². The summed E-state index contributed by atoms with van der Waals surface area (Å²) in [7, 11) is 0. The predicted octanol–water partition coefficient (Wildman–Crippen LogP) is 7.59. The van der Waals surface area contributed by atoms with Crippen molar-refractivity contribution in [3.63, 3.8) is 0 Å². The summed E-state index contributed by atoms with van der Waals surface area (Å²) in [5, 5.41) is 8.24. The van der Waals surface area contributed by atoms with Gasteiger partial charge in [0.2, 0.25) is 5.91 Å². The fourth-order valence-electron chi connectivity index (χ4n) is 4.10. The summed E-state index contributed by atoms with van der Waals surface area (Å²) in [5.74, 6) is -0.982. The Kier molecular flexibility index (Phi) is 10.2. The number of hydrogen-bond donors (Lipinski definition) is 3. The van der Waals surface area contributed by atoms with Crippen molar-refractivity contribution in [1.29, 1.82) is 0 Å². The van der Waals surface area contributed by atoms with Crippen LogP contribution >= 0.6 is 27.7 Å².